The number of anilines is 1. The molecule has 8 heteroatoms. The summed E-state index contributed by atoms with van der Waals surface area (Å²) in [6, 6.07) is 0. The van der Waals surface area contributed by atoms with Gasteiger partial charge in [0.1, 0.15) is 12.4 Å². The maximum atomic E-state index is 12.4. The first kappa shape index (κ1) is 12.9. The molecule has 0 spiro atoms. The van der Waals surface area contributed by atoms with Gasteiger partial charge in [0.25, 0.3) is 0 Å². The minimum atomic E-state index is -4.25. The Labute approximate surface area is 106 Å². The summed E-state index contributed by atoms with van der Waals surface area (Å²) in [6.45, 7) is -0.903. The van der Waals surface area contributed by atoms with Crippen molar-refractivity contribution in [3.8, 4) is 0 Å². The molecule has 1 aliphatic carbocycles. The zero-order valence-corrected chi connectivity index (χ0v) is 10.4. The van der Waals surface area contributed by atoms with Crippen molar-refractivity contribution in [2.75, 3.05) is 23.9 Å². The Bertz CT molecular complexity index is 378. The molecule has 0 aromatic carbocycles. The molecule has 1 aromatic heterocycles. The van der Waals surface area contributed by atoms with Crippen LogP contribution in [0.15, 0.2) is 0 Å². The Balaban J connectivity index is 2.07. The van der Waals surface area contributed by atoms with E-state index in [1.54, 1.807) is 0 Å². The molecule has 1 aliphatic rings. The molecule has 0 atom stereocenters. The van der Waals surface area contributed by atoms with Gasteiger partial charge in [-0.1, -0.05) is 0 Å². The first-order chi connectivity index (χ1) is 7.99. The van der Waals surface area contributed by atoms with Crippen LogP contribution in [-0.2, 0) is 0 Å². The van der Waals surface area contributed by atoms with Crippen LogP contribution >= 0.6 is 23.1 Å². The summed E-state index contributed by atoms with van der Waals surface area (Å²) in [6.07, 6.45) is -2.19. The first-order valence-corrected chi connectivity index (χ1v) is 6.51. The molecule has 1 fully saturated rings. The fourth-order valence-corrected chi connectivity index (χ4v) is 2.40. The van der Waals surface area contributed by atoms with Crippen molar-refractivity contribution in [3.63, 3.8) is 0 Å². The van der Waals surface area contributed by atoms with Gasteiger partial charge in [0, 0.05) is 29.9 Å². The highest BCUT2D eigenvalue weighted by Crippen LogP contribution is 2.39. The van der Waals surface area contributed by atoms with E-state index >= 15 is 0 Å². The van der Waals surface area contributed by atoms with Crippen LogP contribution in [0.2, 0.25) is 0 Å². The number of aromatic nitrogens is 2. The Kier molecular flexibility index (Phi) is 3.77. The maximum absolute atomic E-state index is 12.4. The zero-order valence-electron chi connectivity index (χ0n) is 8.87. The standard InChI is InChI=1S/C9H11ClF3N3S/c10-3-4-16(5-9(11,12)13)8-14-7(15-17-8)6-1-2-6/h6H,1-5H2. The molecule has 0 radical (unpaired) electrons. The molecule has 96 valence electrons. The van der Waals surface area contributed by atoms with Gasteiger partial charge in [0.2, 0.25) is 5.13 Å². The van der Waals surface area contributed by atoms with E-state index in [1.165, 1.54) is 0 Å². The summed E-state index contributed by atoms with van der Waals surface area (Å²) in [7, 11) is 0. The number of hydrogen-bond donors (Lipinski definition) is 0. The number of nitrogens with zero attached hydrogens (tertiary/aromatic N) is 3. The normalized spacial score (nSPS) is 16.2. The van der Waals surface area contributed by atoms with Gasteiger partial charge < -0.3 is 4.90 Å². The van der Waals surface area contributed by atoms with Crippen molar-refractivity contribution >= 4 is 28.3 Å². The summed E-state index contributed by atoms with van der Waals surface area (Å²) >= 11 is 6.52. The van der Waals surface area contributed by atoms with Crippen molar-refractivity contribution in [2.24, 2.45) is 0 Å². The minimum Gasteiger partial charge on any atom is -0.337 e. The van der Waals surface area contributed by atoms with Gasteiger partial charge in [-0.2, -0.15) is 17.5 Å². The predicted molar refractivity (Wildman–Crippen MR) is 60.9 cm³/mol. The molecule has 1 heterocycles. The lowest BCUT2D eigenvalue weighted by molar-refractivity contribution is -0.119. The van der Waals surface area contributed by atoms with Gasteiger partial charge in [-0.3, -0.25) is 0 Å². The van der Waals surface area contributed by atoms with Gasteiger partial charge in [-0.15, -0.1) is 11.6 Å². The molecule has 17 heavy (non-hydrogen) atoms. The van der Waals surface area contributed by atoms with Crippen molar-refractivity contribution in [2.45, 2.75) is 24.9 Å². The lowest BCUT2D eigenvalue weighted by Gasteiger charge is -2.21. The molecule has 1 aromatic rings. The molecular weight excluding hydrogens is 275 g/mol. The highest BCUT2D eigenvalue weighted by Gasteiger charge is 2.33. The third-order valence-corrected chi connectivity index (χ3v) is 3.33. The van der Waals surface area contributed by atoms with Crippen molar-refractivity contribution in [3.05, 3.63) is 5.82 Å². The van der Waals surface area contributed by atoms with E-state index in [1.807, 2.05) is 0 Å². The van der Waals surface area contributed by atoms with E-state index in [0.717, 1.165) is 29.3 Å². The lowest BCUT2D eigenvalue weighted by atomic mass is 10.4. The van der Waals surface area contributed by atoms with Crippen LogP contribution in [-0.4, -0.2) is 34.5 Å². The highest BCUT2D eigenvalue weighted by molar-refractivity contribution is 7.09. The van der Waals surface area contributed by atoms with Crippen LogP contribution < -0.4 is 4.90 Å². The van der Waals surface area contributed by atoms with Crippen molar-refractivity contribution in [1.82, 2.24) is 9.36 Å². The van der Waals surface area contributed by atoms with Crippen LogP contribution in [0.1, 0.15) is 24.6 Å². The van der Waals surface area contributed by atoms with Gasteiger partial charge in [0.05, 0.1) is 0 Å². The Morgan fingerprint density at radius 2 is 2.12 bits per heavy atom. The third kappa shape index (κ3) is 3.70. The Hall–Kier alpha value is -0.560. The van der Waals surface area contributed by atoms with E-state index in [0.29, 0.717) is 16.9 Å². The summed E-state index contributed by atoms with van der Waals surface area (Å²) in [5, 5.41) is 0.310. The highest BCUT2D eigenvalue weighted by atomic mass is 35.5. The van der Waals surface area contributed by atoms with Crippen LogP contribution in [0.4, 0.5) is 18.3 Å². The fraction of sp³-hybridized carbons (Fsp3) is 0.778. The molecule has 0 N–H and O–H groups in total. The fourth-order valence-electron chi connectivity index (χ4n) is 1.42. The first-order valence-electron chi connectivity index (χ1n) is 5.21. The molecule has 1 saturated carbocycles. The number of halogens is 4. The molecule has 2 rings (SSSR count). The third-order valence-electron chi connectivity index (χ3n) is 2.37. The summed E-state index contributed by atoms with van der Waals surface area (Å²) in [5.74, 6) is 1.16. The van der Waals surface area contributed by atoms with Gasteiger partial charge >= 0.3 is 6.18 Å². The van der Waals surface area contributed by atoms with Crippen LogP contribution in [0, 0.1) is 0 Å². The second-order valence-corrected chi connectivity index (χ2v) is 5.04. The lowest BCUT2D eigenvalue weighted by Crippen LogP contribution is -2.35. The minimum absolute atomic E-state index is 0.125. The Morgan fingerprint density at radius 1 is 1.41 bits per heavy atom. The zero-order chi connectivity index (χ0) is 12.5. The van der Waals surface area contributed by atoms with E-state index in [4.69, 9.17) is 11.6 Å². The number of hydrogen-bond acceptors (Lipinski definition) is 4. The topological polar surface area (TPSA) is 29.0 Å². The van der Waals surface area contributed by atoms with E-state index < -0.39 is 12.7 Å². The van der Waals surface area contributed by atoms with Crippen LogP contribution in [0.25, 0.3) is 0 Å². The average Bonchev–Trinajstić information content (AvgIpc) is 2.94. The number of alkyl halides is 4. The van der Waals surface area contributed by atoms with Gasteiger partial charge in [-0.25, -0.2) is 4.98 Å². The summed E-state index contributed by atoms with van der Waals surface area (Å²) < 4.78 is 41.2. The monoisotopic (exact) mass is 285 g/mol. The van der Waals surface area contributed by atoms with Crippen LogP contribution in [0.5, 0.6) is 0 Å². The van der Waals surface area contributed by atoms with Gasteiger partial charge in [0.15, 0.2) is 0 Å². The second-order valence-electron chi connectivity index (χ2n) is 3.94. The van der Waals surface area contributed by atoms with E-state index in [9.17, 15) is 13.2 Å². The van der Waals surface area contributed by atoms with E-state index in [2.05, 4.69) is 9.36 Å². The average molecular weight is 286 g/mol. The Morgan fingerprint density at radius 3 is 2.65 bits per heavy atom. The molecule has 3 nitrogen and oxygen atoms in total. The second kappa shape index (κ2) is 4.97. The van der Waals surface area contributed by atoms with Crippen LogP contribution in [0.3, 0.4) is 0 Å². The number of rotatable bonds is 5. The molecule has 0 bridgehead atoms. The largest absolute Gasteiger partial charge is 0.406 e. The maximum Gasteiger partial charge on any atom is 0.406 e. The van der Waals surface area contributed by atoms with Gasteiger partial charge in [-0.05, 0) is 12.8 Å². The summed E-state index contributed by atoms with van der Waals surface area (Å²) in [5.41, 5.74) is 0. The molecule has 0 saturated heterocycles. The molecule has 0 amide bonds. The van der Waals surface area contributed by atoms with Crippen molar-refractivity contribution in [1.29, 1.82) is 0 Å². The molecule has 0 unspecified atom stereocenters. The molecule has 0 aliphatic heterocycles. The quantitative estimate of drug-likeness (QED) is 0.779. The smallest absolute Gasteiger partial charge is 0.337 e. The van der Waals surface area contributed by atoms with E-state index in [-0.39, 0.29) is 12.4 Å². The van der Waals surface area contributed by atoms with Crippen molar-refractivity contribution < 1.29 is 13.2 Å². The summed E-state index contributed by atoms with van der Waals surface area (Å²) in [4.78, 5) is 5.29. The predicted octanol–water partition coefficient (Wildman–Crippen LogP) is 3.02. The SMILES string of the molecule is FC(F)(F)CN(CCCl)c1nc(C2CC2)ns1. The molecular formula is C9H11ClF3N3S.